The van der Waals surface area contributed by atoms with E-state index in [1.165, 1.54) is 5.56 Å². The molecule has 0 aliphatic rings. The fourth-order valence-electron chi connectivity index (χ4n) is 2.28. The second-order valence-electron chi connectivity index (χ2n) is 5.42. The first-order valence-corrected chi connectivity index (χ1v) is 6.87. The Morgan fingerprint density at radius 3 is 2.33 bits per heavy atom. The van der Waals surface area contributed by atoms with Crippen LogP contribution in [0.4, 0.5) is 5.69 Å². The van der Waals surface area contributed by atoms with Gasteiger partial charge < -0.3 is 9.32 Å². The highest BCUT2D eigenvalue weighted by atomic mass is 16.3. The molecular weight excluding hydrogens is 262 g/mol. The molecule has 21 heavy (non-hydrogen) atoms. The molecule has 0 saturated carbocycles. The van der Waals surface area contributed by atoms with E-state index in [-0.39, 0.29) is 5.43 Å². The van der Waals surface area contributed by atoms with Crippen LogP contribution >= 0.6 is 0 Å². The molecule has 0 aliphatic heterocycles. The van der Waals surface area contributed by atoms with Crippen molar-refractivity contribution in [3.05, 3.63) is 64.3 Å². The Kier molecular flexibility index (Phi) is 3.26. The average molecular weight is 279 g/mol. The summed E-state index contributed by atoms with van der Waals surface area (Å²) >= 11 is 0. The SMILES string of the molecule is Cc1ccc(-c2cc(=O)c3ccc(N(C)C)cc3o2)cc1. The van der Waals surface area contributed by atoms with Crippen molar-refractivity contribution >= 4 is 16.7 Å². The maximum atomic E-state index is 12.2. The standard InChI is InChI=1S/C18H17NO2/c1-12-4-6-13(7-5-12)17-11-16(20)15-9-8-14(19(2)3)10-18(15)21-17/h4-11H,1-3H3. The Balaban J connectivity index is 2.21. The maximum Gasteiger partial charge on any atom is 0.193 e. The summed E-state index contributed by atoms with van der Waals surface area (Å²) in [6, 6.07) is 15.1. The van der Waals surface area contributed by atoms with Crippen molar-refractivity contribution in [2.45, 2.75) is 6.92 Å². The van der Waals surface area contributed by atoms with Crippen LogP contribution in [0.3, 0.4) is 0 Å². The van der Waals surface area contributed by atoms with E-state index in [0.29, 0.717) is 16.7 Å². The van der Waals surface area contributed by atoms with Gasteiger partial charge in [-0.15, -0.1) is 0 Å². The Hall–Kier alpha value is -2.55. The molecule has 106 valence electrons. The monoisotopic (exact) mass is 279 g/mol. The first-order chi connectivity index (χ1) is 10.0. The number of anilines is 1. The van der Waals surface area contributed by atoms with E-state index in [1.807, 2.05) is 68.4 Å². The van der Waals surface area contributed by atoms with Gasteiger partial charge in [-0.3, -0.25) is 4.79 Å². The molecule has 2 aromatic carbocycles. The van der Waals surface area contributed by atoms with Crippen molar-refractivity contribution in [2.24, 2.45) is 0 Å². The number of aryl methyl sites for hydroxylation is 1. The molecule has 0 unspecified atom stereocenters. The van der Waals surface area contributed by atoms with Crippen molar-refractivity contribution in [2.75, 3.05) is 19.0 Å². The van der Waals surface area contributed by atoms with Crippen molar-refractivity contribution in [3.63, 3.8) is 0 Å². The Labute approximate surface area is 123 Å². The topological polar surface area (TPSA) is 33.5 Å². The normalized spacial score (nSPS) is 10.8. The van der Waals surface area contributed by atoms with E-state index in [9.17, 15) is 4.79 Å². The molecule has 0 saturated heterocycles. The summed E-state index contributed by atoms with van der Waals surface area (Å²) in [6.07, 6.45) is 0. The molecule has 0 spiro atoms. The number of hydrogen-bond donors (Lipinski definition) is 0. The van der Waals surface area contributed by atoms with Crippen molar-refractivity contribution in [3.8, 4) is 11.3 Å². The lowest BCUT2D eigenvalue weighted by atomic mass is 10.1. The minimum Gasteiger partial charge on any atom is -0.456 e. The highest BCUT2D eigenvalue weighted by Gasteiger charge is 2.08. The van der Waals surface area contributed by atoms with Crippen LogP contribution < -0.4 is 10.3 Å². The molecule has 0 bridgehead atoms. The number of rotatable bonds is 2. The van der Waals surface area contributed by atoms with Crippen LogP contribution in [0.5, 0.6) is 0 Å². The second-order valence-corrected chi connectivity index (χ2v) is 5.42. The van der Waals surface area contributed by atoms with E-state index in [4.69, 9.17) is 4.42 Å². The van der Waals surface area contributed by atoms with E-state index >= 15 is 0 Å². The zero-order chi connectivity index (χ0) is 15.0. The molecule has 0 N–H and O–H groups in total. The molecule has 0 radical (unpaired) electrons. The molecule has 0 aliphatic carbocycles. The van der Waals surface area contributed by atoms with E-state index in [0.717, 1.165) is 11.3 Å². The summed E-state index contributed by atoms with van der Waals surface area (Å²) in [6.45, 7) is 2.03. The van der Waals surface area contributed by atoms with Gasteiger partial charge >= 0.3 is 0 Å². The third-order valence-electron chi connectivity index (χ3n) is 3.57. The molecule has 0 amide bonds. The number of benzene rings is 2. The lowest BCUT2D eigenvalue weighted by molar-refractivity contribution is 0.619. The molecule has 0 fully saturated rings. The summed E-state index contributed by atoms with van der Waals surface area (Å²) in [7, 11) is 3.92. The zero-order valence-corrected chi connectivity index (χ0v) is 12.4. The minimum atomic E-state index is -0.0165. The van der Waals surface area contributed by atoms with E-state index in [1.54, 1.807) is 6.07 Å². The molecule has 1 heterocycles. The first kappa shape index (κ1) is 13.4. The van der Waals surface area contributed by atoms with Crippen LogP contribution in [0.15, 0.2) is 57.7 Å². The predicted molar refractivity (Wildman–Crippen MR) is 87.0 cm³/mol. The van der Waals surface area contributed by atoms with Crippen molar-refractivity contribution in [1.82, 2.24) is 0 Å². The first-order valence-electron chi connectivity index (χ1n) is 6.87. The smallest absolute Gasteiger partial charge is 0.193 e. The lowest BCUT2D eigenvalue weighted by Gasteiger charge is -2.12. The Morgan fingerprint density at radius 1 is 0.952 bits per heavy atom. The van der Waals surface area contributed by atoms with Gasteiger partial charge in [0.2, 0.25) is 0 Å². The van der Waals surface area contributed by atoms with Crippen LogP contribution in [-0.4, -0.2) is 14.1 Å². The summed E-state index contributed by atoms with van der Waals surface area (Å²) < 4.78 is 5.93. The zero-order valence-electron chi connectivity index (χ0n) is 12.4. The van der Waals surface area contributed by atoms with Gasteiger partial charge in [-0.25, -0.2) is 0 Å². The van der Waals surface area contributed by atoms with Gasteiger partial charge in [0.15, 0.2) is 5.43 Å². The Bertz CT molecular complexity index is 845. The molecular formula is C18H17NO2. The third-order valence-corrected chi connectivity index (χ3v) is 3.57. The molecule has 3 heteroatoms. The number of hydrogen-bond acceptors (Lipinski definition) is 3. The van der Waals surface area contributed by atoms with Crippen molar-refractivity contribution in [1.29, 1.82) is 0 Å². The van der Waals surface area contributed by atoms with Gasteiger partial charge in [0.05, 0.1) is 5.39 Å². The fourth-order valence-corrected chi connectivity index (χ4v) is 2.28. The van der Waals surface area contributed by atoms with Crippen LogP contribution in [-0.2, 0) is 0 Å². The molecule has 3 aromatic rings. The fraction of sp³-hybridized carbons (Fsp3) is 0.167. The van der Waals surface area contributed by atoms with Gasteiger partial charge in [-0.1, -0.05) is 29.8 Å². The van der Waals surface area contributed by atoms with Crippen LogP contribution in [0, 0.1) is 6.92 Å². The van der Waals surface area contributed by atoms with Crippen LogP contribution in [0.25, 0.3) is 22.3 Å². The second kappa shape index (κ2) is 5.09. The summed E-state index contributed by atoms with van der Waals surface area (Å²) in [5.41, 5.74) is 3.69. The highest BCUT2D eigenvalue weighted by Crippen LogP contribution is 2.25. The average Bonchev–Trinajstić information content (AvgIpc) is 2.47. The Morgan fingerprint density at radius 2 is 1.67 bits per heavy atom. The van der Waals surface area contributed by atoms with Crippen LogP contribution in [0.2, 0.25) is 0 Å². The molecule has 3 rings (SSSR count). The van der Waals surface area contributed by atoms with Gasteiger partial charge in [-0.05, 0) is 19.1 Å². The maximum absolute atomic E-state index is 12.2. The van der Waals surface area contributed by atoms with E-state index in [2.05, 4.69) is 0 Å². The largest absolute Gasteiger partial charge is 0.456 e. The number of nitrogens with zero attached hydrogens (tertiary/aromatic N) is 1. The summed E-state index contributed by atoms with van der Waals surface area (Å²) in [5, 5.41) is 0.608. The quantitative estimate of drug-likeness (QED) is 0.714. The lowest BCUT2D eigenvalue weighted by Crippen LogP contribution is -2.09. The highest BCUT2D eigenvalue weighted by molar-refractivity contribution is 5.82. The molecule has 0 atom stereocenters. The van der Waals surface area contributed by atoms with Crippen LogP contribution in [0.1, 0.15) is 5.56 Å². The van der Waals surface area contributed by atoms with Gasteiger partial charge in [0.1, 0.15) is 11.3 Å². The predicted octanol–water partition coefficient (Wildman–Crippen LogP) is 3.83. The third kappa shape index (κ3) is 2.55. The number of fused-ring (bicyclic) bond motifs is 1. The van der Waals surface area contributed by atoms with Gasteiger partial charge in [0, 0.05) is 37.5 Å². The summed E-state index contributed by atoms with van der Waals surface area (Å²) in [4.78, 5) is 14.2. The molecule has 1 aromatic heterocycles. The van der Waals surface area contributed by atoms with Gasteiger partial charge in [0.25, 0.3) is 0 Å². The molecule has 3 nitrogen and oxygen atoms in total. The summed E-state index contributed by atoms with van der Waals surface area (Å²) in [5.74, 6) is 0.600. The minimum absolute atomic E-state index is 0.0165. The van der Waals surface area contributed by atoms with Gasteiger partial charge in [-0.2, -0.15) is 0 Å². The van der Waals surface area contributed by atoms with E-state index < -0.39 is 0 Å². The van der Waals surface area contributed by atoms with Crippen molar-refractivity contribution < 1.29 is 4.42 Å².